The molecule has 0 N–H and O–H groups in total. The lowest BCUT2D eigenvalue weighted by atomic mass is 10.1. The highest BCUT2D eigenvalue weighted by atomic mass is 32.2. The Labute approximate surface area is 211 Å². The number of aromatic nitrogens is 1. The number of hydrogen-bond donors (Lipinski definition) is 0. The summed E-state index contributed by atoms with van der Waals surface area (Å²) in [4.78, 5) is 6.78. The molecule has 12 heteroatoms. The molecule has 0 atom stereocenters. The zero-order chi connectivity index (χ0) is 25.9. The predicted molar refractivity (Wildman–Crippen MR) is 130 cm³/mol. The Morgan fingerprint density at radius 3 is 2.17 bits per heavy atom. The maximum atomic E-state index is 13.0. The van der Waals surface area contributed by atoms with Crippen molar-refractivity contribution in [1.29, 1.82) is 0 Å². The maximum Gasteiger partial charge on any atom is 0.573 e. The molecule has 1 saturated heterocycles. The SMILES string of the molecule is COc1cc(Cc2csc(N3CCC(S(=O)(=O)c4ccc(OC(F)(F)F)cc4)CC3)n2)cc(OC)c1. The van der Waals surface area contributed by atoms with Crippen LogP contribution in [0.3, 0.4) is 0 Å². The highest BCUT2D eigenvalue weighted by Crippen LogP contribution is 2.32. The van der Waals surface area contributed by atoms with Crippen molar-refractivity contribution in [2.24, 2.45) is 0 Å². The summed E-state index contributed by atoms with van der Waals surface area (Å²) in [6.07, 6.45) is -3.44. The van der Waals surface area contributed by atoms with Crippen molar-refractivity contribution < 1.29 is 35.8 Å². The summed E-state index contributed by atoms with van der Waals surface area (Å²) in [5.41, 5.74) is 1.89. The van der Waals surface area contributed by atoms with Gasteiger partial charge in [0.05, 0.1) is 30.1 Å². The van der Waals surface area contributed by atoms with Gasteiger partial charge in [-0.1, -0.05) is 0 Å². The first-order valence-corrected chi connectivity index (χ1v) is 13.5. The Kier molecular flexibility index (Phi) is 7.65. The third-order valence-electron chi connectivity index (χ3n) is 5.87. The van der Waals surface area contributed by atoms with E-state index in [4.69, 9.17) is 14.5 Å². The number of hydrogen-bond acceptors (Lipinski definition) is 8. The summed E-state index contributed by atoms with van der Waals surface area (Å²) in [5, 5.41) is 2.19. The third kappa shape index (κ3) is 6.22. The molecular weight excluding hydrogens is 517 g/mol. The molecule has 0 amide bonds. The lowest BCUT2D eigenvalue weighted by Crippen LogP contribution is -2.39. The van der Waals surface area contributed by atoms with Gasteiger partial charge in [0.1, 0.15) is 17.2 Å². The molecule has 2 aromatic carbocycles. The van der Waals surface area contributed by atoms with Crippen LogP contribution in [0.5, 0.6) is 17.2 Å². The molecule has 1 fully saturated rings. The van der Waals surface area contributed by atoms with E-state index in [9.17, 15) is 21.6 Å². The number of anilines is 1. The molecule has 3 aromatic rings. The molecule has 1 aliphatic rings. The largest absolute Gasteiger partial charge is 0.573 e. The van der Waals surface area contributed by atoms with Crippen LogP contribution in [0.4, 0.5) is 18.3 Å². The molecule has 0 radical (unpaired) electrons. The van der Waals surface area contributed by atoms with Gasteiger partial charge in [-0.2, -0.15) is 0 Å². The molecule has 0 aliphatic carbocycles. The number of ether oxygens (including phenoxy) is 3. The van der Waals surface area contributed by atoms with E-state index in [0.29, 0.717) is 43.9 Å². The molecule has 0 unspecified atom stereocenters. The third-order valence-corrected chi connectivity index (χ3v) is 9.10. The first-order chi connectivity index (χ1) is 17.1. The van der Waals surface area contributed by atoms with E-state index in [1.165, 1.54) is 11.3 Å². The molecule has 4 rings (SSSR count). The lowest BCUT2D eigenvalue weighted by molar-refractivity contribution is -0.274. The molecule has 2 heterocycles. The Morgan fingerprint density at radius 1 is 1.00 bits per heavy atom. The van der Waals surface area contributed by atoms with Crippen molar-refractivity contribution in [1.82, 2.24) is 4.98 Å². The quantitative estimate of drug-likeness (QED) is 0.392. The van der Waals surface area contributed by atoms with Gasteiger partial charge >= 0.3 is 6.36 Å². The second kappa shape index (κ2) is 10.6. The Balaban J connectivity index is 1.38. The number of piperidine rings is 1. The second-order valence-electron chi connectivity index (χ2n) is 8.27. The van der Waals surface area contributed by atoms with E-state index in [0.717, 1.165) is 40.7 Å². The molecule has 194 valence electrons. The van der Waals surface area contributed by atoms with Crippen molar-refractivity contribution in [2.45, 2.75) is 35.8 Å². The first-order valence-electron chi connectivity index (χ1n) is 11.1. The smallest absolute Gasteiger partial charge is 0.497 e. The molecule has 1 aliphatic heterocycles. The molecule has 0 saturated carbocycles. The van der Waals surface area contributed by atoms with Crippen LogP contribution in [-0.2, 0) is 16.3 Å². The van der Waals surface area contributed by atoms with Crippen molar-refractivity contribution in [3.05, 3.63) is 59.1 Å². The topological polar surface area (TPSA) is 78.0 Å². The number of halogens is 3. The Hall–Kier alpha value is -2.99. The van der Waals surface area contributed by atoms with Crippen LogP contribution < -0.4 is 19.1 Å². The summed E-state index contributed by atoms with van der Waals surface area (Å²) >= 11 is 1.50. The van der Waals surface area contributed by atoms with Gasteiger partial charge in [0.2, 0.25) is 0 Å². The van der Waals surface area contributed by atoms with E-state index < -0.39 is 27.2 Å². The number of alkyl halides is 3. The van der Waals surface area contributed by atoms with Gasteiger partial charge in [-0.05, 0) is 54.8 Å². The van der Waals surface area contributed by atoms with Gasteiger partial charge in [-0.15, -0.1) is 24.5 Å². The number of benzene rings is 2. The second-order valence-corrected chi connectivity index (χ2v) is 11.3. The highest BCUT2D eigenvalue weighted by molar-refractivity contribution is 7.92. The van der Waals surface area contributed by atoms with Gasteiger partial charge < -0.3 is 19.1 Å². The molecule has 7 nitrogen and oxygen atoms in total. The molecule has 0 spiro atoms. The van der Waals surface area contributed by atoms with E-state index >= 15 is 0 Å². The number of nitrogens with zero attached hydrogens (tertiary/aromatic N) is 2. The van der Waals surface area contributed by atoms with Crippen molar-refractivity contribution in [2.75, 3.05) is 32.2 Å². The average molecular weight is 543 g/mol. The van der Waals surface area contributed by atoms with E-state index in [-0.39, 0.29) is 4.90 Å². The van der Waals surface area contributed by atoms with E-state index in [2.05, 4.69) is 9.64 Å². The maximum absolute atomic E-state index is 13.0. The Bertz CT molecular complexity index is 1260. The average Bonchev–Trinajstić information content (AvgIpc) is 3.31. The summed E-state index contributed by atoms with van der Waals surface area (Å²) in [7, 11) is -0.485. The fourth-order valence-corrected chi connectivity index (χ4v) is 6.69. The fourth-order valence-electron chi connectivity index (χ4n) is 4.08. The number of sulfone groups is 1. The monoisotopic (exact) mass is 542 g/mol. The lowest BCUT2D eigenvalue weighted by Gasteiger charge is -2.31. The van der Waals surface area contributed by atoms with Crippen molar-refractivity contribution in [3.63, 3.8) is 0 Å². The standard InChI is InChI=1S/C24H25F3N2O5S2/c1-32-19-12-16(13-20(14-19)33-2)11-17-15-35-23(28-17)29-9-7-22(8-10-29)36(30,31)21-5-3-18(4-6-21)34-24(25,26)27/h3-6,12-15,22H,7-11H2,1-2H3. The van der Waals surface area contributed by atoms with E-state index in [1.807, 2.05) is 17.5 Å². The summed E-state index contributed by atoms with van der Waals surface area (Å²) in [6.45, 7) is 1.03. The molecule has 1 aromatic heterocycles. The molecule has 36 heavy (non-hydrogen) atoms. The minimum atomic E-state index is -4.83. The minimum absolute atomic E-state index is 0.0132. The highest BCUT2D eigenvalue weighted by Gasteiger charge is 2.33. The van der Waals surface area contributed by atoms with Crippen LogP contribution >= 0.6 is 11.3 Å². The minimum Gasteiger partial charge on any atom is -0.497 e. The van der Waals surface area contributed by atoms with Crippen molar-refractivity contribution in [3.8, 4) is 17.2 Å². The number of rotatable bonds is 8. The van der Waals surface area contributed by atoms with Crippen LogP contribution in [0, 0.1) is 0 Å². The zero-order valence-electron chi connectivity index (χ0n) is 19.6. The van der Waals surface area contributed by atoms with E-state index in [1.54, 1.807) is 20.3 Å². The van der Waals surface area contributed by atoms with Gasteiger partial charge in [0, 0.05) is 31.0 Å². The van der Waals surface area contributed by atoms with Gasteiger partial charge in [0.25, 0.3) is 0 Å². The van der Waals surface area contributed by atoms with Crippen LogP contribution in [0.25, 0.3) is 0 Å². The van der Waals surface area contributed by atoms with Crippen LogP contribution in [0.1, 0.15) is 24.1 Å². The Morgan fingerprint density at radius 2 is 1.61 bits per heavy atom. The number of thiazole rings is 1. The predicted octanol–water partition coefficient (Wildman–Crippen LogP) is 5.09. The van der Waals surface area contributed by atoms with Crippen LogP contribution in [0.15, 0.2) is 52.7 Å². The first kappa shape index (κ1) is 26.1. The van der Waals surface area contributed by atoms with Gasteiger partial charge in [0.15, 0.2) is 15.0 Å². The van der Waals surface area contributed by atoms with Crippen LogP contribution in [0.2, 0.25) is 0 Å². The zero-order valence-corrected chi connectivity index (χ0v) is 21.3. The summed E-state index contributed by atoms with van der Waals surface area (Å²) < 4.78 is 77.6. The van der Waals surface area contributed by atoms with Crippen molar-refractivity contribution >= 4 is 26.3 Å². The molecule has 0 bridgehead atoms. The molecular formula is C24H25F3N2O5S2. The van der Waals surface area contributed by atoms with Gasteiger partial charge in [-0.3, -0.25) is 0 Å². The fraction of sp³-hybridized carbons (Fsp3) is 0.375. The number of methoxy groups -OCH3 is 2. The van der Waals surface area contributed by atoms with Gasteiger partial charge in [-0.25, -0.2) is 13.4 Å². The summed E-state index contributed by atoms with van der Waals surface area (Å²) in [6, 6.07) is 10.0. The normalized spacial score (nSPS) is 15.1. The van der Waals surface area contributed by atoms with Crippen LogP contribution in [-0.4, -0.2) is 52.3 Å². The summed E-state index contributed by atoms with van der Waals surface area (Å²) in [5.74, 6) is 0.944.